The van der Waals surface area contributed by atoms with Gasteiger partial charge in [0.15, 0.2) is 0 Å². The highest BCUT2D eigenvalue weighted by molar-refractivity contribution is 9.11. The molecule has 5 nitrogen and oxygen atoms in total. The lowest BCUT2D eigenvalue weighted by molar-refractivity contribution is 0.221. The number of hydrogen-bond donors (Lipinski definition) is 0. The Morgan fingerprint density at radius 2 is 2.15 bits per heavy atom. The van der Waals surface area contributed by atoms with Crippen LogP contribution >= 0.6 is 38.9 Å². The molecular weight excluding hydrogens is 364 g/mol. The second-order valence-electron chi connectivity index (χ2n) is 4.47. The first-order chi connectivity index (χ1) is 9.44. The number of hydrogen-bond acceptors (Lipinski definition) is 6. The van der Waals surface area contributed by atoms with Crippen molar-refractivity contribution in [2.75, 3.05) is 11.9 Å². The number of rotatable bonds is 5. The molecule has 0 aromatic carbocycles. The molecule has 0 N–H and O–H groups in total. The molecule has 0 fully saturated rings. The van der Waals surface area contributed by atoms with Gasteiger partial charge in [-0.25, -0.2) is 0 Å². The molecule has 20 heavy (non-hydrogen) atoms. The molecule has 0 aliphatic carbocycles. The molecule has 0 unspecified atom stereocenters. The van der Waals surface area contributed by atoms with Crippen molar-refractivity contribution in [2.45, 2.75) is 26.5 Å². The molecule has 108 valence electrons. The first-order valence-electron chi connectivity index (χ1n) is 5.96. The van der Waals surface area contributed by atoms with E-state index in [0.29, 0.717) is 12.5 Å². The van der Waals surface area contributed by atoms with E-state index >= 15 is 0 Å². The number of ether oxygens (including phenoxy) is 1. The van der Waals surface area contributed by atoms with E-state index in [1.165, 1.54) is 5.56 Å². The predicted molar refractivity (Wildman–Crippen MR) is 84.7 cm³/mol. The van der Waals surface area contributed by atoms with Gasteiger partial charge in [0.25, 0.3) is 0 Å². The van der Waals surface area contributed by atoms with Gasteiger partial charge in [0, 0.05) is 13.6 Å². The summed E-state index contributed by atoms with van der Waals surface area (Å²) >= 11 is 11.0. The molecule has 0 saturated heterocycles. The average molecular weight is 378 g/mol. The highest BCUT2D eigenvalue weighted by atomic mass is 79.9. The van der Waals surface area contributed by atoms with Gasteiger partial charge in [0.05, 0.1) is 9.89 Å². The van der Waals surface area contributed by atoms with Crippen molar-refractivity contribution in [1.82, 2.24) is 15.0 Å². The Morgan fingerprint density at radius 3 is 2.75 bits per heavy atom. The zero-order chi connectivity index (χ0) is 14.7. The third-order valence-corrected chi connectivity index (χ3v) is 4.02. The van der Waals surface area contributed by atoms with E-state index in [2.05, 4.69) is 42.3 Å². The molecule has 2 aromatic heterocycles. The van der Waals surface area contributed by atoms with Crippen LogP contribution in [0.3, 0.4) is 0 Å². The number of anilines is 1. The van der Waals surface area contributed by atoms with Gasteiger partial charge in [-0.2, -0.15) is 15.0 Å². The van der Waals surface area contributed by atoms with Crippen LogP contribution in [-0.2, 0) is 6.54 Å². The fraction of sp³-hybridized carbons (Fsp3) is 0.417. The predicted octanol–water partition coefficient (Wildman–Crippen LogP) is 3.77. The van der Waals surface area contributed by atoms with E-state index in [-0.39, 0.29) is 17.4 Å². The minimum atomic E-state index is -0.0144. The lowest BCUT2D eigenvalue weighted by atomic mass is 10.3. The van der Waals surface area contributed by atoms with E-state index < -0.39 is 0 Å². The van der Waals surface area contributed by atoms with Crippen molar-refractivity contribution in [3.8, 4) is 6.01 Å². The van der Waals surface area contributed by atoms with Crippen LogP contribution in [0.4, 0.5) is 5.95 Å². The summed E-state index contributed by atoms with van der Waals surface area (Å²) in [6.45, 7) is 4.50. The molecular formula is C12H14BrClN4OS. The van der Waals surface area contributed by atoms with Gasteiger partial charge in [-0.3, -0.25) is 0 Å². The smallest absolute Gasteiger partial charge is 0.322 e. The van der Waals surface area contributed by atoms with E-state index in [4.69, 9.17) is 16.3 Å². The fourth-order valence-corrected chi connectivity index (χ4v) is 2.88. The Hall–Kier alpha value is -0.920. The normalized spacial score (nSPS) is 10.9. The van der Waals surface area contributed by atoms with Crippen molar-refractivity contribution in [3.05, 3.63) is 26.1 Å². The van der Waals surface area contributed by atoms with Crippen LogP contribution in [0, 0.1) is 0 Å². The van der Waals surface area contributed by atoms with Crippen molar-refractivity contribution in [3.63, 3.8) is 0 Å². The highest BCUT2D eigenvalue weighted by Crippen LogP contribution is 2.23. The first-order valence-corrected chi connectivity index (χ1v) is 8.01. The quantitative estimate of drug-likeness (QED) is 0.794. The largest absolute Gasteiger partial charge is 0.461 e. The fourth-order valence-electron chi connectivity index (χ4n) is 1.53. The zero-order valence-electron chi connectivity index (χ0n) is 11.3. The number of nitrogens with zero attached hydrogens (tertiary/aromatic N) is 4. The Bertz CT molecular complexity index is 593. The maximum atomic E-state index is 5.91. The summed E-state index contributed by atoms with van der Waals surface area (Å²) in [5.41, 5.74) is 1.17. The summed E-state index contributed by atoms with van der Waals surface area (Å²) in [6.07, 6.45) is -0.0144. The van der Waals surface area contributed by atoms with Gasteiger partial charge < -0.3 is 9.64 Å². The Labute approximate surface area is 135 Å². The van der Waals surface area contributed by atoms with Crippen LogP contribution in [0.25, 0.3) is 0 Å². The van der Waals surface area contributed by atoms with Crippen molar-refractivity contribution in [1.29, 1.82) is 0 Å². The van der Waals surface area contributed by atoms with Gasteiger partial charge in [-0.05, 0) is 58.4 Å². The highest BCUT2D eigenvalue weighted by Gasteiger charge is 2.12. The molecule has 2 aromatic rings. The molecule has 0 aliphatic rings. The zero-order valence-corrected chi connectivity index (χ0v) is 14.5. The van der Waals surface area contributed by atoms with Crippen LogP contribution in [0.2, 0.25) is 5.28 Å². The molecule has 0 aliphatic heterocycles. The molecule has 2 heterocycles. The Morgan fingerprint density at radius 1 is 1.40 bits per heavy atom. The summed E-state index contributed by atoms with van der Waals surface area (Å²) < 4.78 is 6.56. The molecule has 0 saturated carbocycles. The van der Waals surface area contributed by atoms with Gasteiger partial charge in [-0.15, -0.1) is 11.3 Å². The second kappa shape index (κ2) is 6.69. The van der Waals surface area contributed by atoms with Crippen LogP contribution in [0.15, 0.2) is 15.2 Å². The third-order valence-electron chi connectivity index (χ3n) is 2.30. The molecule has 0 bridgehead atoms. The molecule has 0 amide bonds. The van der Waals surface area contributed by atoms with Gasteiger partial charge in [0.2, 0.25) is 11.2 Å². The van der Waals surface area contributed by atoms with Crippen LogP contribution in [0.5, 0.6) is 6.01 Å². The maximum Gasteiger partial charge on any atom is 0.322 e. The molecule has 0 spiro atoms. The van der Waals surface area contributed by atoms with Crippen molar-refractivity contribution in [2.24, 2.45) is 0 Å². The number of thiophene rings is 1. The van der Waals surface area contributed by atoms with Crippen LogP contribution in [0.1, 0.15) is 19.4 Å². The van der Waals surface area contributed by atoms with Crippen LogP contribution < -0.4 is 9.64 Å². The summed E-state index contributed by atoms with van der Waals surface area (Å²) in [5.74, 6) is 0.489. The monoisotopic (exact) mass is 376 g/mol. The lowest BCUT2D eigenvalue weighted by Gasteiger charge is -2.17. The van der Waals surface area contributed by atoms with E-state index in [1.807, 2.05) is 25.8 Å². The molecule has 0 atom stereocenters. The minimum Gasteiger partial charge on any atom is -0.461 e. The SMILES string of the molecule is CC(C)Oc1nc(Cl)nc(N(C)Cc2csc(Br)c2)n1. The van der Waals surface area contributed by atoms with Gasteiger partial charge in [-0.1, -0.05) is 0 Å². The second-order valence-corrected chi connectivity index (χ2v) is 7.10. The molecule has 8 heteroatoms. The third kappa shape index (κ3) is 4.29. The van der Waals surface area contributed by atoms with Gasteiger partial charge >= 0.3 is 6.01 Å². The maximum absolute atomic E-state index is 5.91. The van der Waals surface area contributed by atoms with E-state index in [0.717, 1.165) is 3.79 Å². The van der Waals surface area contributed by atoms with Gasteiger partial charge in [0.1, 0.15) is 0 Å². The summed E-state index contributed by atoms with van der Waals surface area (Å²) in [4.78, 5) is 14.2. The van der Waals surface area contributed by atoms with E-state index in [1.54, 1.807) is 11.3 Å². The van der Waals surface area contributed by atoms with Crippen molar-refractivity contribution < 1.29 is 4.74 Å². The first kappa shape index (κ1) is 15.5. The molecule has 2 rings (SSSR count). The lowest BCUT2D eigenvalue weighted by Crippen LogP contribution is -2.20. The Kier molecular flexibility index (Phi) is 5.17. The number of aromatic nitrogens is 3. The minimum absolute atomic E-state index is 0.0144. The summed E-state index contributed by atoms with van der Waals surface area (Å²) in [5, 5.41) is 2.21. The Balaban J connectivity index is 2.16. The van der Waals surface area contributed by atoms with Crippen LogP contribution in [-0.4, -0.2) is 28.1 Å². The van der Waals surface area contributed by atoms with E-state index in [9.17, 15) is 0 Å². The standard InChI is InChI=1S/C12H14BrClN4OS/c1-7(2)19-12-16-10(14)15-11(17-12)18(3)5-8-4-9(13)20-6-8/h4,6-7H,5H2,1-3H3. The molecule has 0 radical (unpaired) electrons. The summed E-state index contributed by atoms with van der Waals surface area (Å²) in [7, 11) is 1.90. The average Bonchev–Trinajstić information content (AvgIpc) is 2.73. The number of halogens is 2. The topological polar surface area (TPSA) is 51.1 Å². The van der Waals surface area contributed by atoms with Crippen molar-refractivity contribution >= 4 is 44.8 Å². The summed E-state index contributed by atoms with van der Waals surface area (Å²) in [6, 6.07) is 2.31.